The Morgan fingerprint density at radius 2 is 1.84 bits per heavy atom. The van der Waals surface area contributed by atoms with Gasteiger partial charge in [-0.25, -0.2) is 9.59 Å². The largest absolute Gasteiger partial charge is 0.508 e. The van der Waals surface area contributed by atoms with Gasteiger partial charge in [-0.1, -0.05) is 0 Å². The van der Waals surface area contributed by atoms with Crippen LogP contribution in [0.1, 0.15) is 6.42 Å². The molecule has 8 nitrogen and oxygen atoms in total. The molecule has 0 N–H and O–H groups in total. The van der Waals surface area contributed by atoms with Crippen molar-refractivity contribution in [2.75, 3.05) is 27.9 Å². The molecule has 9 heteroatoms. The van der Waals surface area contributed by atoms with Gasteiger partial charge in [-0.2, -0.15) is 0 Å². The number of hydrogen-bond donors (Lipinski definition) is 0. The molecule has 1 rings (SSSR count). The van der Waals surface area contributed by atoms with E-state index >= 15 is 0 Å². The zero-order chi connectivity index (χ0) is 14.5. The van der Waals surface area contributed by atoms with Crippen LogP contribution in [-0.2, 0) is 37.1 Å². The smallest absolute Gasteiger partial charge is 0.463 e. The third-order valence-corrected chi connectivity index (χ3v) is 5.29. The molecule has 108 valence electrons. The number of Topliss-reactive ketones (excluding diaryl/α,β-unsaturated/α-hetero) is 1. The molecular weight excluding hydrogens is 276 g/mol. The van der Waals surface area contributed by atoms with Crippen LogP contribution in [0.2, 0.25) is 6.04 Å². The molecule has 0 aliphatic carbocycles. The zero-order valence-electron chi connectivity index (χ0n) is 11.0. The molecule has 1 unspecified atom stereocenters. The van der Waals surface area contributed by atoms with Crippen LogP contribution in [-0.4, -0.2) is 60.6 Å². The van der Waals surface area contributed by atoms with Crippen LogP contribution < -0.4 is 0 Å². The van der Waals surface area contributed by atoms with E-state index in [1.54, 1.807) is 0 Å². The van der Waals surface area contributed by atoms with Crippen LogP contribution in [0.15, 0.2) is 0 Å². The first-order valence-corrected chi connectivity index (χ1v) is 7.47. The van der Waals surface area contributed by atoms with Gasteiger partial charge in [-0.05, 0) is 0 Å². The summed E-state index contributed by atoms with van der Waals surface area (Å²) >= 11 is 0. The molecule has 0 aromatic heterocycles. The van der Waals surface area contributed by atoms with Gasteiger partial charge in [0.25, 0.3) is 0 Å². The summed E-state index contributed by atoms with van der Waals surface area (Å²) in [6.45, 7) is 0.178. The fraction of sp³-hybridized carbons (Fsp3) is 0.700. The fourth-order valence-electron chi connectivity index (χ4n) is 1.51. The summed E-state index contributed by atoms with van der Waals surface area (Å²) in [5, 5.41) is 0. The maximum atomic E-state index is 11.7. The third-order valence-electron chi connectivity index (χ3n) is 2.67. The van der Waals surface area contributed by atoms with Gasteiger partial charge in [-0.3, -0.25) is 4.79 Å². The van der Waals surface area contributed by atoms with Gasteiger partial charge in [0.2, 0.25) is 11.9 Å². The SMILES string of the molecule is CO[Si](CC(=O)C(=O)OC1CCOC1=O)(OC)OC. The van der Waals surface area contributed by atoms with E-state index in [2.05, 4.69) is 4.74 Å². The Bertz CT molecular complexity index is 356. The number of rotatable bonds is 7. The molecule has 1 aliphatic heterocycles. The number of ketones is 1. The van der Waals surface area contributed by atoms with E-state index in [1.807, 2.05) is 0 Å². The van der Waals surface area contributed by atoms with E-state index in [4.69, 9.17) is 18.0 Å². The summed E-state index contributed by atoms with van der Waals surface area (Å²) in [7, 11) is 0.794. The van der Waals surface area contributed by atoms with E-state index < -0.39 is 32.6 Å². The predicted molar refractivity (Wildman–Crippen MR) is 62.1 cm³/mol. The zero-order valence-corrected chi connectivity index (χ0v) is 12.0. The Morgan fingerprint density at radius 1 is 1.26 bits per heavy atom. The molecule has 0 aromatic rings. The van der Waals surface area contributed by atoms with Gasteiger partial charge >= 0.3 is 20.7 Å². The maximum Gasteiger partial charge on any atom is 0.508 e. The summed E-state index contributed by atoms with van der Waals surface area (Å²) < 4.78 is 24.4. The number of carbonyl (C=O) groups is 3. The van der Waals surface area contributed by atoms with Gasteiger partial charge in [-0.15, -0.1) is 0 Å². The summed E-state index contributed by atoms with van der Waals surface area (Å²) in [5.41, 5.74) is 0. The standard InChI is InChI=1S/C10H16O8Si/c1-14-19(15-2,16-3)6-7(11)9(12)18-8-4-5-17-10(8)13/h8H,4-6H2,1-3H3. The van der Waals surface area contributed by atoms with Crippen molar-refractivity contribution in [3.63, 3.8) is 0 Å². The molecular formula is C10H16O8Si. The van der Waals surface area contributed by atoms with Crippen molar-refractivity contribution < 1.29 is 37.1 Å². The summed E-state index contributed by atoms with van der Waals surface area (Å²) in [6, 6.07) is -0.350. The normalized spacial score (nSPS) is 19.1. The number of cyclic esters (lactones) is 1. The molecule has 1 heterocycles. The Kier molecular flexibility index (Phi) is 5.60. The van der Waals surface area contributed by atoms with Crippen molar-refractivity contribution >= 4 is 26.5 Å². The van der Waals surface area contributed by atoms with Crippen LogP contribution in [0.3, 0.4) is 0 Å². The minimum absolute atomic E-state index is 0.178. The molecule has 1 saturated heterocycles. The van der Waals surface area contributed by atoms with Crippen LogP contribution in [0.25, 0.3) is 0 Å². The Hall–Kier alpha value is -1.29. The van der Waals surface area contributed by atoms with Gasteiger partial charge < -0.3 is 22.8 Å². The molecule has 19 heavy (non-hydrogen) atoms. The molecule has 0 spiro atoms. The monoisotopic (exact) mass is 292 g/mol. The second-order valence-electron chi connectivity index (χ2n) is 3.75. The fourth-order valence-corrected chi connectivity index (χ4v) is 2.99. The highest BCUT2D eigenvalue weighted by molar-refractivity contribution is 6.67. The average molecular weight is 292 g/mol. The van der Waals surface area contributed by atoms with Crippen LogP contribution in [0.5, 0.6) is 0 Å². The van der Waals surface area contributed by atoms with Crippen molar-refractivity contribution in [3.05, 3.63) is 0 Å². The van der Waals surface area contributed by atoms with E-state index in [0.29, 0.717) is 0 Å². The van der Waals surface area contributed by atoms with Gasteiger partial charge in [0.15, 0.2) is 0 Å². The first-order valence-electron chi connectivity index (χ1n) is 5.54. The van der Waals surface area contributed by atoms with Crippen LogP contribution in [0, 0.1) is 0 Å². The van der Waals surface area contributed by atoms with Crippen molar-refractivity contribution in [2.24, 2.45) is 0 Å². The summed E-state index contributed by atoms with van der Waals surface area (Å²) in [4.78, 5) is 34.4. The van der Waals surface area contributed by atoms with E-state index in [9.17, 15) is 14.4 Å². The average Bonchev–Trinajstić information content (AvgIpc) is 2.81. The molecule has 0 bridgehead atoms. The Morgan fingerprint density at radius 3 is 2.26 bits per heavy atom. The number of ether oxygens (including phenoxy) is 2. The topological polar surface area (TPSA) is 97.4 Å². The molecule has 0 saturated carbocycles. The maximum absolute atomic E-state index is 11.7. The molecule has 0 radical (unpaired) electrons. The van der Waals surface area contributed by atoms with E-state index in [0.717, 1.165) is 0 Å². The summed E-state index contributed by atoms with van der Waals surface area (Å²) in [6.07, 6.45) is -0.764. The quantitative estimate of drug-likeness (QED) is 0.345. The van der Waals surface area contributed by atoms with Crippen molar-refractivity contribution in [1.29, 1.82) is 0 Å². The molecule has 0 amide bonds. The second-order valence-corrected chi connectivity index (χ2v) is 6.69. The van der Waals surface area contributed by atoms with Crippen molar-refractivity contribution in [1.82, 2.24) is 0 Å². The molecule has 1 aliphatic rings. The Balaban J connectivity index is 2.57. The van der Waals surface area contributed by atoms with Crippen molar-refractivity contribution in [2.45, 2.75) is 18.6 Å². The lowest BCUT2D eigenvalue weighted by Gasteiger charge is -2.23. The highest BCUT2D eigenvalue weighted by Crippen LogP contribution is 2.15. The predicted octanol–water partition coefficient (Wildman–Crippen LogP) is -0.708. The van der Waals surface area contributed by atoms with E-state index in [1.165, 1.54) is 21.3 Å². The number of esters is 2. The lowest BCUT2D eigenvalue weighted by atomic mass is 10.3. The lowest BCUT2D eigenvalue weighted by Crippen LogP contribution is -2.46. The third kappa shape index (κ3) is 3.83. The highest BCUT2D eigenvalue weighted by Gasteiger charge is 2.43. The molecule has 0 aromatic carbocycles. The minimum atomic E-state index is -3.18. The van der Waals surface area contributed by atoms with Crippen molar-refractivity contribution in [3.8, 4) is 0 Å². The van der Waals surface area contributed by atoms with Gasteiger partial charge in [0.1, 0.15) is 0 Å². The molecule has 1 atom stereocenters. The molecule has 1 fully saturated rings. The van der Waals surface area contributed by atoms with Crippen LogP contribution in [0.4, 0.5) is 0 Å². The number of hydrogen-bond acceptors (Lipinski definition) is 8. The highest BCUT2D eigenvalue weighted by atomic mass is 28.4. The second kappa shape index (κ2) is 6.75. The van der Waals surface area contributed by atoms with Crippen LogP contribution >= 0.6 is 0 Å². The van der Waals surface area contributed by atoms with Gasteiger partial charge in [0, 0.05) is 27.8 Å². The Labute approximate surface area is 111 Å². The van der Waals surface area contributed by atoms with E-state index in [-0.39, 0.29) is 19.1 Å². The van der Waals surface area contributed by atoms with Gasteiger partial charge in [0.05, 0.1) is 12.7 Å². The summed E-state index contributed by atoms with van der Waals surface area (Å²) in [5.74, 6) is -2.63. The first-order chi connectivity index (χ1) is 8.98. The minimum Gasteiger partial charge on any atom is -0.463 e. The lowest BCUT2D eigenvalue weighted by molar-refractivity contribution is -0.163. The first kappa shape index (κ1) is 15.8. The number of carbonyl (C=O) groups excluding carboxylic acids is 3.